The smallest absolute Gasteiger partial charge is 0.240 e. The molecule has 0 bridgehead atoms. The van der Waals surface area contributed by atoms with Gasteiger partial charge in [-0.2, -0.15) is 0 Å². The fourth-order valence-electron chi connectivity index (χ4n) is 2.93. The molecule has 1 aromatic carbocycles. The lowest BCUT2D eigenvalue weighted by molar-refractivity contribution is 0.115. The van der Waals surface area contributed by atoms with Gasteiger partial charge in [0.25, 0.3) is 0 Å². The molecule has 22 heavy (non-hydrogen) atoms. The molecule has 2 aromatic rings. The van der Waals surface area contributed by atoms with E-state index in [1.165, 1.54) is 0 Å². The van der Waals surface area contributed by atoms with Crippen molar-refractivity contribution in [2.75, 3.05) is 23.7 Å². The third kappa shape index (κ3) is 3.01. The van der Waals surface area contributed by atoms with Crippen molar-refractivity contribution in [3.05, 3.63) is 30.3 Å². The first-order chi connectivity index (χ1) is 10.6. The van der Waals surface area contributed by atoms with Gasteiger partial charge in [0.1, 0.15) is 5.69 Å². The number of rotatable bonds is 3. The Hall–Kier alpha value is -2.21. The number of nitrogen functional groups attached to an aromatic ring is 1. The van der Waals surface area contributed by atoms with Crippen LogP contribution in [0.4, 0.5) is 11.8 Å². The first kappa shape index (κ1) is 14.7. The summed E-state index contributed by atoms with van der Waals surface area (Å²) in [5.41, 5.74) is 7.45. The molecule has 3 N–H and O–H groups in total. The Labute approximate surface area is 130 Å². The summed E-state index contributed by atoms with van der Waals surface area (Å²) < 4.78 is 0. The molecule has 1 saturated heterocycles. The number of aliphatic hydroxyl groups is 1. The van der Waals surface area contributed by atoms with Crippen LogP contribution in [0.15, 0.2) is 30.3 Å². The molecule has 0 spiro atoms. The van der Waals surface area contributed by atoms with Crippen LogP contribution in [0.2, 0.25) is 0 Å². The number of aromatic nitrogens is 3. The Morgan fingerprint density at radius 1 is 1.27 bits per heavy atom. The van der Waals surface area contributed by atoms with Crippen LogP contribution in [0, 0.1) is 5.92 Å². The maximum absolute atomic E-state index is 9.87. The quantitative estimate of drug-likeness (QED) is 0.897. The van der Waals surface area contributed by atoms with Gasteiger partial charge >= 0.3 is 0 Å². The second-order valence-corrected chi connectivity index (χ2v) is 5.80. The van der Waals surface area contributed by atoms with Gasteiger partial charge < -0.3 is 15.7 Å². The summed E-state index contributed by atoms with van der Waals surface area (Å²) in [5.74, 6) is 1.16. The van der Waals surface area contributed by atoms with E-state index in [-0.39, 0.29) is 18.0 Å². The number of piperidine rings is 1. The molecule has 116 valence electrons. The van der Waals surface area contributed by atoms with Crippen molar-refractivity contribution >= 4 is 11.8 Å². The first-order valence-corrected chi connectivity index (χ1v) is 7.64. The highest BCUT2D eigenvalue weighted by Gasteiger charge is 2.26. The van der Waals surface area contributed by atoms with E-state index < -0.39 is 0 Å². The lowest BCUT2D eigenvalue weighted by atomic mass is 9.93. The summed E-state index contributed by atoms with van der Waals surface area (Å²) in [4.78, 5) is 6.54. The zero-order valence-corrected chi connectivity index (χ0v) is 12.7. The van der Waals surface area contributed by atoms with E-state index in [1.54, 1.807) is 0 Å². The average molecular weight is 299 g/mol. The molecule has 1 aliphatic rings. The van der Waals surface area contributed by atoms with E-state index in [0.717, 1.165) is 43.0 Å². The van der Waals surface area contributed by atoms with Crippen LogP contribution < -0.4 is 10.6 Å². The van der Waals surface area contributed by atoms with Crippen LogP contribution in [0.1, 0.15) is 19.8 Å². The summed E-state index contributed by atoms with van der Waals surface area (Å²) in [6, 6.07) is 9.87. The Kier molecular flexibility index (Phi) is 4.20. The van der Waals surface area contributed by atoms with Crippen molar-refractivity contribution in [1.29, 1.82) is 0 Å². The van der Waals surface area contributed by atoms with E-state index in [9.17, 15) is 5.11 Å². The molecule has 0 radical (unpaired) electrons. The minimum atomic E-state index is -0.322. The summed E-state index contributed by atoms with van der Waals surface area (Å²) in [6.45, 7) is 3.50. The average Bonchev–Trinajstić information content (AvgIpc) is 2.55. The minimum Gasteiger partial charge on any atom is -0.393 e. The molecule has 0 aliphatic carbocycles. The van der Waals surface area contributed by atoms with Gasteiger partial charge in [0.05, 0.1) is 6.10 Å². The topological polar surface area (TPSA) is 88.2 Å². The highest BCUT2D eigenvalue weighted by Crippen LogP contribution is 2.30. The summed E-state index contributed by atoms with van der Waals surface area (Å²) in [7, 11) is 0. The lowest BCUT2D eigenvalue weighted by Crippen LogP contribution is -2.40. The summed E-state index contributed by atoms with van der Waals surface area (Å²) >= 11 is 0. The molecule has 2 heterocycles. The van der Waals surface area contributed by atoms with Crippen LogP contribution in [0.5, 0.6) is 0 Å². The normalized spacial score (nSPS) is 19.9. The van der Waals surface area contributed by atoms with E-state index in [2.05, 4.69) is 20.1 Å². The molecule has 6 heteroatoms. The van der Waals surface area contributed by atoms with Crippen LogP contribution in [0.3, 0.4) is 0 Å². The monoisotopic (exact) mass is 299 g/mol. The van der Waals surface area contributed by atoms with Gasteiger partial charge in [-0.05, 0) is 19.8 Å². The molecule has 6 nitrogen and oxygen atoms in total. The molecule has 2 unspecified atom stereocenters. The molecule has 3 rings (SSSR count). The van der Waals surface area contributed by atoms with Crippen molar-refractivity contribution in [1.82, 2.24) is 15.2 Å². The number of nitrogens with zero attached hydrogens (tertiary/aromatic N) is 4. The van der Waals surface area contributed by atoms with Gasteiger partial charge in [-0.1, -0.05) is 30.3 Å². The molecule has 0 amide bonds. The van der Waals surface area contributed by atoms with Gasteiger partial charge in [-0.3, -0.25) is 0 Å². The maximum Gasteiger partial charge on any atom is 0.240 e. The van der Waals surface area contributed by atoms with Crippen LogP contribution >= 0.6 is 0 Å². The van der Waals surface area contributed by atoms with Crippen LogP contribution in [-0.4, -0.2) is 39.5 Å². The molecule has 0 saturated carbocycles. The summed E-state index contributed by atoms with van der Waals surface area (Å²) in [6.07, 6.45) is 1.73. The predicted octanol–water partition coefficient (Wildman–Crippen LogP) is 1.72. The van der Waals surface area contributed by atoms with Crippen molar-refractivity contribution in [2.24, 2.45) is 5.92 Å². The van der Waals surface area contributed by atoms with E-state index in [1.807, 2.05) is 37.3 Å². The Morgan fingerprint density at radius 2 is 2.05 bits per heavy atom. The number of benzene rings is 1. The summed E-state index contributed by atoms with van der Waals surface area (Å²) in [5, 5.41) is 18.1. The SMILES string of the molecule is CC(O)C1CCCN(c2nnc(N)nc2-c2ccccc2)C1. The predicted molar refractivity (Wildman–Crippen MR) is 86.3 cm³/mol. The second kappa shape index (κ2) is 6.27. The standard InChI is InChI=1S/C16H21N5O/c1-11(22)13-8-5-9-21(10-13)15-14(18-16(17)20-19-15)12-6-3-2-4-7-12/h2-4,6-7,11,13,22H,5,8-10H2,1H3,(H2,17,18,20). The van der Waals surface area contributed by atoms with Crippen molar-refractivity contribution in [2.45, 2.75) is 25.9 Å². The zero-order valence-electron chi connectivity index (χ0n) is 12.7. The van der Waals surface area contributed by atoms with Crippen molar-refractivity contribution < 1.29 is 5.11 Å². The number of aliphatic hydroxyl groups excluding tert-OH is 1. The molecular formula is C16H21N5O. The number of hydrogen-bond donors (Lipinski definition) is 2. The first-order valence-electron chi connectivity index (χ1n) is 7.64. The Morgan fingerprint density at radius 3 is 2.77 bits per heavy atom. The molecular weight excluding hydrogens is 278 g/mol. The fourth-order valence-corrected chi connectivity index (χ4v) is 2.93. The highest BCUT2D eigenvalue weighted by molar-refractivity contribution is 5.72. The van der Waals surface area contributed by atoms with Crippen molar-refractivity contribution in [3.8, 4) is 11.3 Å². The Balaban J connectivity index is 1.97. The van der Waals surface area contributed by atoms with Crippen molar-refractivity contribution in [3.63, 3.8) is 0 Å². The number of hydrogen-bond acceptors (Lipinski definition) is 6. The van der Waals surface area contributed by atoms with Gasteiger partial charge in [-0.25, -0.2) is 4.98 Å². The van der Waals surface area contributed by atoms with Gasteiger partial charge in [0, 0.05) is 24.6 Å². The fraction of sp³-hybridized carbons (Fsp3) is 0.438. The molecule has 2 atom stereocenters. The minimum absolute atomic E-state index is 0.173. The van der Waals surface area contributed by atoms with Crippen LogP contribution in [-0.2, 0) is 0 Å². The lowest BCUT2D eigenvalue weighted by Gasteiger charge is -2.35. The maximum atomic E-state index is 9.87. The number of anilines is 2. The largest absolute Gasteiger partial charge is 0.393 e. The van der Waals surface area contributed by atoms with Gasteiger partial charge in [-0.15, -0.1) is 10.2 Å². The third-order valence-electron chi connectivity index (χ3n) is 4.17. The van der Waals surface area contributed by atoms with Gasteiger partial charge in [0.2, 0.25) is 5.95 Å². The Bertz CT molecular complexity index is 632. The van der Waals surface area contributed by atoms with E-state index >= 15 is 0 Å². The second-order valence-electron chi connectivity index (χ2n) is 5.80. The third-order valence-corrected chi connectivity index (χ3v) is 4.17. The number of nitrogens with two attached hydrogens (primary N) is 1. The van der Waals surface area contributed by atoms with E-state index in [4.69, 9.17) is 5.73 Å². The molecule has 1 fully saturated rings. The highest BCUT2D eigenvalue weighted by atomic mass is 16.3. The van der Waals surface area contributed by atoms with E-state index in [0.29, 0.717) is 0 Å². The molecule has 1 aromatic heterocycles. The van der Waals surface area contributed by atoms with Gasteiger partial charge in [0.15, 0.2) is 5.82 Å². The zero-order chi connectivity index (χ0) is 15.5. The molecule has 1 aliphatic heterocycles. The van der Waals surface area contributed by atoms with Crippen LogP contribution in [0.25, 0.3) is 11.3 Å².